The van der Waals surface area contributed by atoms with E-state index >= 15 is 0 Å². The minimum Gasteiger partial charge on any atom is -0.497 e. The maximum atomic E-state index is 13.6. The molecule has 3 aliphatic rings. The lowest BCUT2D eigenvalue weighted by Gasteiger charge is -2.50. The van der Waals surface area contributed by atoms with Gasteiger partial charge in [0.15, 0.2) is 0 Å². The summed E-state index contributed by atoms with van der Waals surface area (Å²) in [5.41, 5.74) is 3.45. The third-order valence-electron chi connectivity index (χ3n) is 6.76. The maximum absolute atomic E-state index is 13.6. The summed E-state index contributed by atoms with van der Waals surface area (Å²) in [5.74, 6) is 0.994. The molecule has 5 rings (SSSR count). The Labute approximate surface area is 188 Å². The van der Waals surface area contributed by atoms with Crippen molar-refractivity contribution in [3.63, 3.8) is 0 Å². The molecule has 2 aromatic carbocycles. The Kier molecular flexibility index (Phi) is 5.67. The first-order valence-electron chi connectivity index (χ1n) is 11.0. The molecule has 164 valence electrons. The molecule has 0 radical (unpaired) electrons. The molecule has 0 aliphatic carbocycles. The van der Waals surface area contributed by atoms with Crippen LogP contribution < -0.4 is 14.5 Å². The number of nitrogens with zero attached hydrogens (tertiary/aromatic N) is 3. The standard InChI is InChI=1S/C24H28ClN3O3/c1-30-18-7-6-17-14-19(24(29)26-10-12-31-13-11-26)23-16-27(8-9-28(23)22(17)15-18)21-5-3-2-4-20(21)25/h2-7,15,19,23H,8-14,16H2,1H3/t19-,23-/m1/s1. The molecule has 6 nitrogen and oxygen atoms in total. The van der Waals surface area contributed by atoms with Crippen LogP contribution in [0.5, 0.6) is 5.75 Å². The van der Waals surface area contributed by atoms with Crippen molar-refractivity contribution < 1.29 is 14.3 Å². The fraction of sp³-hybridized carbons (Fsp3) is 0.458. The zero-order chi connectivity index (χ0) is 21.4. The Bertz CT molecular complexity index is 963. The van der Waals surface area contributed by atoms with Crippen LogP contribution in [-0.2, 0) is 16.0 Å². The van der Waals surface area contributed by atoms with Crippen LogP contribution in [0.1, 0.15) is 5.56 Å². The van der Waals surface area contributed by atoms with Gasteiger partial charge in [-0.25, -0.2) is 0 Å². The van der Waals surface area contributed by atoms with E-state index in [-0.39, 0.29) is 17.9 Å². The van der Waals surface area contributed by atoms with E-state index in [0.717, 1.165) is 42.5 Å². The number of carbonyl (C=O) groups excluding carboxylic acids is 1. The number of fused-ring (bicyclic) bond motifs is 3. The van der Waals surface area contributed by atoms with E-state index in [1.807, 2.05) is 29.2 Å². The normalized spacial score (nSPS) is 23.2. The number of carbonyl (C=O) groups is 1. The number of piperazine rings is 1. The summed E-state index contributed by atoms with van der Waals surface area (Å²) in [6, 6.07) is 14.3. The van der Waals surface area contributed by atoms with E-state index in [4.69, 9.17) is 21.1 Å². The number of hydrogen-bond donors (Lipinski definition) is 0. The molecule has 2 atom stereocenters. The predicted molar refractivity (Wildman–Crippen MR) is 122 cm³/mol. The van der Waals surface area contributed by atoms with Gasteiger partial charge >= 0.3 is 0 Å². The third kappa shape index (κ3) is 3.83. The average molecular weight is 442 g/mol. The molecule has 7 heteroatoms. The van der Waals surface area contributed by atoms with Crippen LogP contribution in [-0.4, -0.2) is 69.9 Å². The number of hydrogen-bond acceptors (Lipinski definition) is 5. The van der Waals surface area contributed by atoms with Crippen molar-refractivity contribution in [2.75, 3.05) is 62.8 Å². The lowest BCUT2D eigenvalue weighted by atomic mass is 9.82. The number of rotatable bonds is 3. The molecule has 0 N–H and O–H groups in total. The number of halogens is 1. The predicted octanol–water partition coefficient (Wildman–Crippen LogP) is 3.07. The highest BCUT2D eigenvalue weighted by atomic mass is 35.5. The van der Waals surface area contributed by atoms with Gasteiger partial charge in [-0.3, -0.25) is 4.79 Å². The number of morpholine rings is 1. The Hall–Kier alpha value is -2.44. The van der Waals surface area contributed by atoms with Gasteiger partial charge in [0.1, 0.15) is 5.75 Å². The fourth-order valence-corrected chi connectivity index (χ4v) is 5.39. The summed E-state index contributed by atoms with van der Waals surface area (Å²) in [6.45, 7) is 5.04. The Morgan fingerprint density at radius 3 is 2.65 bits per heavy atom. The smallest absolute Gasteiger partial charge is 0.228 e. The molecule has 0 bridgehead atoms. The molecular weight excluding hydrogens is 414 g/mol. The Balaban J connectivity index is 1.49. The quantitative estimate of drug-likeness (QED) is 0.732. The molecule has 0 saturated carbocycles. The number of anilines is 2. The van der Waals surface area contributed by atoms with E-state index in [0.29, 0.717) is 26.3 Å². The number of benzene rings is 2. The molecule has 0 aromatic heterocycles. The number of ether oxygens (including phenoxy) is 2. The van der Waals surface area contributed by atoms with Crippen molar-refractivity contribution in [2.24, 2.45) is 5.92 Å². The Morgan fingerprint density at radius 2 is 1.87 bits per heavy atom. The van der Waals surface area contributed by atoms with Crippen LogP contribution in [0.4, 0.5) is 11.4 Å². The second-order valence-electron chi connectivity index (χ2n) is 8.40. The summed E-state index contributed by atoms with van der Waals surface area (Å²) in [7, 11) is 1.70. The van der Waals surface area contributed by atoms with Crippen molar-refractivity contribution in [1.82, 2.24) is 4.90 Å². The van der Waals surface area contributed by atoms with Crippen molar-refractivity contribution >= 4 is 28.9 Å². The highest BCUT2D eigenvalue weighted by Crippen LogP contribution is 2.40. The highest BCUT2D eigenvalue weighted by molar-refractivity contribution is 6.33. The highest BCUT2D eigenvalue weighted by Gasteiger charge is 2.43. The lowest BCUT2D eigenvalue weighted by Crippen LogP contribution is -2.62. The second-order valence-corrected chi connectivity index (χ2v) is 8.81. The lowest BCUT2D eigenvalue weighted by molar-refractivity contribution is -0.140. The van der Waals surface area contributed by atoms with Gasteiger partial charge in [-0.15, -0.1) is 0 Å². The van der Waals surface area contributed by atoms with Crippen LogP contribution in [0.15, 0.2) is 42.5 Å². The van der Waals surface area contributed by atoms with E-state index in [1.165, 1.54) is 11.3 Å². The van der Waals surface area contributed by atoms with Crippen LogP contribution in [0.2, 0.25) is 5.02 Å². The zero-order valence-corrected chi connectivity index (χ0v) is 18.6. The van der Waals surface area contributed by atoms with Crippen LogP contribution in [0, 0.1) is 5.92 Å². The van der Waals surface area contributed by atoms with E-state index < -0.39 is 0 Å². The minimum absolute atomic E-state index is 0.0833. The fourth-order valence-electron chi connectivity index (χ4n) is 5.13. The summed E-state index contributed by atoms with van der Waals surface area (Å²) in [5, 5.41) is 0.755. The van der Waals surface area contributed by atoms with Crippen molar-refractivity contribution in [3.8, 4) is 5.75 Å². The summed E-state index contributed by atoms with van der Waals surface area (Å²) in [4.78, 5) is 20.3. The van der Waals surface area contributed by atoms with E-state index in [1.54, 1.807) is 7.11 Å². The Morgan fingerprint density at radius 1 is 1.06 bits per heavy atom. The molecule has 0 spiro atoms. The maximum Gasteiger partial charge on any atom is 0.228 e. The molecule has 0 unspecified atom stereocenters. The molecular formula is C24H28ClN3O3. The van der Waals surface area contributed by atoms with Gasteiger partial charge in [-0.2, -0.15) is 0 Å². The number of para-hydroxylation sites is 1. The van der Waals surface area contributed by atoms with Gasteiger partial charge in [0.05, 0.1) is 43.0 Å². The zero-order valence-electron chi connectivity index (χ0n) is 17.8. The second kappa shape index (κ2) is 8.60. The SMILES string of the molecule is COc1ccc2c(c1)N1CCN(c3ccccc3Cl)C[C@@H]1[C@H](C(=O)N1CCOCC1)C2. The topological polar surface area (TPSA) is 45.2 Å². The van der Waals surface area contributed by atoms with Crippen LogP contribution in [0.3, 0.4) is 0 Å². The first kappa shape index (κ1) is 20.5. The first-order valence-corrected chi connectivity index (χ1v) is 11.3. The van der Waals surface area contributed by atoms with Gasteiger partial charge in [0.2, 0.25) is 5.91 Å². The largest absolute Gasteiger partial charge is 0.497 e. The van der Waals surface area contributed by atoms with Gasteiger partial charge in [-0.05, 0) is 30.2 Å². The molecule has 3 heterocycles. The van der Waals surface area contributed by atoms with Gasteiger partial charge in [0.25, 0.3) is 0 Å². The third-order valence-corrected chi connectivity index (χ3v) is 7.08. The number of amides is 1. The van der Waals surface area contributed by atoms with Crippen molar-refractivity contribution in [3.05, 3.63) is 53.1 Å². The molecule has 2 fully saturated rings. The number of methoxy groups -OCH3 is 1. The van der Waals surface area contributed by atoms with E-state index in [2.05, 4.69) is 28.0 Å². The monoisotopic (exact) mass is 441 g/mol. The average Bonchev–Trinajstić information content (AvgIpc) is 2.83. The first-order chi connectivity index (χ1) is 15.2. The molecule has 2 saturated heterocycles. The summed E-state index contributed by atoms with van der Waals surface area (Å²) >= 11 is 6.51. The van der Waals surface area contributed by atoms with Crippen LogP contribution >= 0.6 is 11.6 Å². The summed E-state index contributed by atoms with van der Waals surface area (Å²) in [6.07, 6.45) is 0.743. The molecule has 31 heavy (non-hydrogen) atoms. The van der Waals surface area contributed by atoms with Gasteiger partial charge in [-0.1, -0.05) is 29.8 Å². The van der Waals surface area contributed by atoms with Gasteiger partial charge in [0, 0.05) is 44.5 Å². The van der Waals surface area contributed by atoms with Crippen LogP contribution in [0.25, 0.3) is 0 Å². The van der Waals surface area contributed by atoms with Crippen molar-refractivity contribution in [2.45, 2.75) is 12.5 Å². The van der Waals surface area contributed by atoms with Crippen molar-refractivity contribution in [1.29, 1.82) is 0 Å². The molecule has 3 aliphatic heterocycles. The van der Waals surface area contributed by atoms with Gasteiger partial charge < -0.3 is 24.2 Å². The van der Waals surface area contributed by atoms with E-state index in [9.17, 15) is 4.79 Å². The summed E-state index contributed by atoms with van der Waals surface area (Å²) < 4.78 is 11.0. The minimum atomic E-state index is -0.0933. The molecule has 2 aromatic rings. The molecule has 1 amide bonds.